The van der Waals surface area contributed by atoms with E-state index in [9.17, 15) is 13.2 Å². The third kappa shape index (κ3) is 5.68. The molecule has 1 N–H and O–H groups in total. The molecule has 158 valence electrons. The summed E-state index contributed by atoms with van der Waals surface area (Å²) in [6.07, 6.45) is 3.92. The highest BCUT2D eigenvalue weighted by Crippen LogP contribution is 2.26. The Morgan fingerprint density at radius 3 is 2.38 bits per heavy atom. The van der Waals surface area contributed by atoms with Crippen molar-refractivity contribution < 1.29 is 13.2 Å². The maximum absolute atomic E-state index is 12.7. The summed E-state index contributed by atoms with van der Waals surface area (Å²) in [5, 5.41) is 5.16. The number of nitrogens with one attached hydrogen (secondary N) is 1. The van der Waals surface area contributed by atoms with Crippen molar-refractivity contribution in [2.75, 3.05) is 13.1 Å². The van der Waals surface area contributed by atoms with Gasteiger partial charge in [-0.05, 0) is 54.3 Å². The molecule has 0 saturated carbocycles. The number of carbonyl (C=O) groups is 1. The van der Waals surface area contributed by atoms with E-state index in [1.807, 2.05) is 23.6 Å². The van der Waals surface area contributed by atoms with Crippen LogP contribution < -0.4 is 5.32 Å². The maximum Gasteiger partial charge on any atom is 0.243 e. The fourth-order valence-electron chi connectivity index (χ4n) is 3.62. The molecule has 1 aliphatic heterocycles. The lowest BCUT2D eigenvalue weighted by molar-refractivity contribution is -0.122. The van der Waals surface area contributed by atoms with Gasteiger partial charge < -0.3 is 5.32 Å². The maximum atomic E-state index is 12.7. The molecule has 1 fully saturated rings. The topological polar surface area (TPSA) is 66.5 Å². The lowest BCUT2D eigenvalue weighted by atomic mass is 10.0. The quantitative estimate of drug-likeness (QED) is 0.671. The third-order valence-corrected chi connectivity index (χ3v) is 8.22. The predicted octanol–water partition coefficient (Wildman–Crippen LogP) is 4.37. The summed E-state index contributed by atoms with van der Waals surface area (Å²) in [4.78, 5) is 14.0. The molecule has 0 unspecified atom stereocenters. The van der Waals surface area contributed by atoms with Crippen LogP contribution in [0.1, 0.15) is 56.0 Å². The molecule has 2 aromatic rings. The number of thiophene rings is 1. The lowest BCUT2D eigenvalue weighted by Gasteiger charge is -2.25. The number of piperidine rings is 1. The van der Waals surface area contributed by atoms with E-state index in [4.69, 9.17) is 0 Å². The Morgan fingerprint density at radius 1 is 1.10 bits per heavy atom. The molecule has 3 rings (SSSR count). The fraction of sp³-hybridized carbons (Fsp3) is 0.500. The van der Waals surface area contributed by atoms with E-state index in [0.717, 1.165) is 24.8 Å². The van der Waals surface area contributed by atoms with Gasteiger partial charge in [0.25, 0.3) is 0 Å². The van der Waals surface area contributed by atoms with Crippen LogP contribution in [0.4, 0.5) is 0 Å². The molecule has 1 aliphatic rings. The number of sulfonamides is 1. The highest BCUT2D eigenvalue weighted by molar-refractivity contribution is 7.89. The number of nitrogens with zero attached hydrogens (tertiary/aromatic N) is 1. The first-order chi connectivity index (χ1) is 13.9. The standard InChI is InChI=1S/C22H30N2O3S2/c1-17(2)22(20-7-6-16-28-20)23-21(25)13-10-18-8-11-19(12-9-18)29(26,27)24-14-4-3-5-15-24/h6-9,11-12,16-17,22H,3-5,10,13-15H2,1-2H3,(H,23,25)/t22-/m1/s1. The van der Waals surface area contributed by atoms with Crippen LogP contribution in [0.2, 0.25) is 0 Å². The van der Waals surface area contributed by atoms with Gasteiger partial charge in [0.1, 0.15) is 0 Å². The molecule has 0 aliphatic carbocycles. The van der Waals surface area contributed by atoms with E-state index < -0.39 is 10.0 Å². The first-order valence-corrected chi connectivity index (χ1v) is 12.6. The summed E-state index contributed by atoms with van der Waals surface area (Å²) in [7, 11) is -3.41. The first kappa shape index (κ1) is 22.0. The van der Waals surface area contributed by atoms with E-state index in [2.05, 4.69) is 25.2 Å². The summed E-state index contributed by atoms with van der Waals surface area (Å²) in [5.74, 6) is 0.332. The van der Waals surface area contributed by atoms with Crippen LogP contribution in [0.3, 0.4) is 0 Å². The Balaban J connectivity index is 1.56. The van der Waals surface area contributed by atoms with Gasteiger partial charge in [-0.15, -0.1) is 11.3 Å². The van der Waals surface area contributed by atoms with Crippen molar-refractivity contribution in [3.05, 3.63) is 52.2 Å². The van der Waals surface area contributed by atoms with Gasteiger partial charge in [0, 0.05) is 24.4 Å². The van der Waals surface area contributed by atoms with Crippen LogP contribution in [-0.2, 0) is 21.2 Å². The number of hydrogen-bond donors (Lipinski definition) is 1. The van der Waals surface area contributed by atoms with Gasteiger partial charge in [-0.25, -0.2) is 8.42 Å². The molecule has 1 aromatic carbocycles. The summed E-state index contributed by atoms with van der Waals surface area (Å²) in [5.41, 5.74) is 0.968. The van der Waals surface area contributed by atoms with Gasteiger partial charge in [-0.2, -0.15) is 4.31 Å². The second-order valence-corrected chi connectivity index (χ2v) is 10.8. The van der Waals surface area contributed by atoms with E-state index in [1.165, 1.54) is 4.88 Å². The average molecular weight is 435 g/mol. The van der Waals surface area contributed by atoms with Crippen LogP contribution in [0, 0.1) is 5.92 Å². The van der Waals surface area contributed by atoms with Crippen LogP contribution in [0.25, 0.3) is 0 Å². The molecular formula is C22H30N2O3S2. The van der Waals surface area contributed by atoms with Crippen LogP contribution in [0.5, 0.6) is 0 Å². The zero-order chi connectivity index (χ0) is 20.9. The minimum Gasteiger partial charge on any atom is -0.348 e. The van der Waals surface area contributed by atoms with Crippen LogP contribution >= 0.6 is 11.3 Å². The minimum absolute atomic E-state index is 0.0158. The van der Waals surface area contributed by atoms with E-state index in [1.54, 1.807) is 27.8 Å². The molecule has 1 atom stereocenters. The zero-order valence-electron chi connectivity index (χ0n) is 17.1. The summed E-state index contributed by atoms with van der Waals surface area (Å²) in [6, 6.07) is 11.1. The predicted molar refractivity (Wildman–Crippen MR) is 117 cm³/mol. The third-order valence-electron chi connectivity index (χ3n) is 5.35. The monoisotopic (exact) mass is 434 g/mol. The molecule has 0 radical (unpaired) electrons. The highest BCUT2D eigenvalue weighted by Gasteiger charge is 2.25. The van der Waals surface area contributed by atoms with E-state index in [0.29, 0.717) is 36.7 Å². The lowest BCUT2D eigenvalue weighted by Crippen LogP contribution is -2.35. The Bertz CT molecular complexity index is 885. The van der Waals surface area contributed by atoms with Crippen molar-refractivity contribution in [2.45, 2.75) is 56.9 Å². The second-order valence-electron chi connectivity index (χ2n) is 7.91. The largest absolute Gasteiger partial charge is 0.348 e. The van der Waals surface area contributed by atoms with Crippen molar-refractivity contribution in [1.82, 2.24) is 9.62 Å². The molecule has 1 amide bonds. The zero-order valence-corrected chi connectivity index (χ0v) is 18.8. The van der Waals surface area contributed by atoms with Gasteiger partial charge in [-0.1, -0.05) is 38.5 Å². The van der Waals surface area contributed by atoms with Gasteiger partial charge in [-0.3, -0.25) is 4.79 Å². The molecule has 29 heavy (non-hydrogen) atoms. The van der Waals surface area contributed by atoms with Crippen molar-refractivity contribution in [3.63, 3.8) is 0 Å². The number of hydrogen-bond acceptors (Lipinski definition) is 4. The Morgan fingerprint density at radius 2 is 1.79 bits per heavy atom. The molecule has 5 nitrogen and oxygen atoms in total. The molecular weight excluding hydrogens is 404 g/mol. The van der Waals surface area contributed by atoms with E-state index >= 15 is 0 Å². The van der Waals surface area contributed by atoms with Crippen molar-refractivity contribution >= 4 is 27.3 Å². The molecule has 2 heterocycles. The van der Waals surface area contributed by atoms with Crippen LogP contribution in [0.15, 0.2) is 46.7 Å². The molecule has 7 heteroatoms. The normalized spacial score (nSPS) is 16.7. The van der Waals surface area contributed by atoms with Crippen LogP contribution in [-0.4, -0.2) is 31.7 Å². The summed E-state index contributed by atoms with van der Waals surface area (Å²) in [6.45, 7) is 5.41. The average Bonchev–Trinajstić information content (AvgIpc) is 3.25. The number of aryl methyl sites for hydroxylation is 1. The summed E-state index contributed by atoms with van der Waals surface area (Å²) >= 11 is 1.66. The van der Waals surface area contributed by atoms with Gasteiger partial charge in [0.15, 0.2) is 0 Å². The minimum atomic E-state index is -3.41. The molecule has 1 saturated heterocycles. The fourth-order valence-corrected chi connectivity index (χ4v) is 6.09. The smallest absolute Gasteiger partial charge is 0.243 e. The Kier molecular flexibility index (Phi) is 7.49. The second kappa shape index (κ2) is 9.87. The highest BCUT2D eigenvalue weighted by atomic mass is 32.2. The van der Waals surface area contributed by atoms with Crippen molar-refractivity contribution in [2.24, 2.45) is 5.92 Å². The molecule has 1 aromatic heterocycles. The summed E-state index contributed by atoms with van der Waals surface area (Å²) < 4.78 is 27.0. The SMILES string of the molecule is CC(C)[C@@H](NC(=O)CCc1ccc(S(=O)(=O)N2CCCCC2)cc1)c1cccs1. The van der Waals surface area contributed by atoms with Gasteiger partial charge in [0.05, 0.1) is 10.9 Å². The van der Waals surface area contributed by atoms with E-state index in [-0.39, 0.29) is 11.9 Å². The number of benzene rings is 1. The number of amides is 1. The molecule has 0 spiro atoms. The van der Waals surface area contributed by atoms with Gasteiger partial charge >= 0.3 is 0 Å². The molecule has 0 bridgehead atoms. The number of rotatable bonds is 8. The first-order valence-electron chi connectivity index (χ1n) is 10.3. The van der Waals surface area contributed by atoms with Gasteiger partial charge in [0.2, 0.25) is 15.9 Å². The van der Waals surface area contributed by atoms with Crippen molar-refractivity contribution in [1.29, 1.82) is 0 Å². The Labute approximate surface area is 178 Å². The number of carbonyl (C=O) groups excluding carboxylic acids is 1. The Hall–Kier alpha value is -1.70. The van der Waals surface area contributed by atoms with Crippen molar-refractivity contribution in [3.8, 4) is 0 Å².